The summed E-state index contributed by atoms with van der Waals surface area (Å²) in [6, 6.07) is -0.0564. The minimum atomic E-state index is -0.275. The maximum atomic E-state index is 6.56. The monoisotopic (exact) mass is 359 g/mol. The second-order valence-electron chi connectivity index (χ2n) is 5.58. The maximum Gasteiger partial charge on any atom is 0.0880 e. The molecule has 2 rings (SSSR count). The molecule has 0 aromatic carbocycles. The Labute approximate surface area is 135 Å². The summed E-state index contributed by atoms with van der Waals surface area (Å²) >= 11 is 3.65. The van der Waals surface area contributed by atoms with Crippen LogP contribution in [0.1, 0.15) is 38.1 Å². The molecule has 1 aliphatic heterocycles. The van der Waals surface area contributed by atoms with Crippen LogP contribution in [0.3, 0.4) is 0 Å². The fraction of sp³-hybridized carbons (Fsp3) is 0.800. The highest BCUT2D eigenvalue weighted by Crippen LogP contribution is 2.31. The van der Waals surface area contributed by atoms with E-state index in [9.17, 15) is 0 Å². The van der Waals surface area contributed by atoms with Gasteiger partial charge < -0.3 is 15.2 Å². The van der Waals surface area contributed by atoms with Crippen molar-refractivity contribution in [2.45, 2.75) is 58.2 Å². The molecule has 1 atom stereocenters. The number of aromatic nitrogens is 2. The van der Waals surface area contributed by atoms with Gasteiger partial charge in [-0.05, 0) is 36.7 Å². The molecule has 0 spiro atoms. The third kappa shape index (κ3) is 3.50. The second-order valence-corrected chi connectivity index (χ2v) is 6.38. The van der Waals surface area contributed by atoms with Gasteiger partial charge in [0.15, 0.2) is 0 Å². The van der Waals surface area contributed by atoms with Crippen molar-refractivity contribution < 1.29 is 9.47 Å². The molecule has 2 heterocycles. The molecule has 1 unspecified atom stereocenters. The average molecular weight is 360 g/mol. The van der Waals surface area contributed by atoms with Gasteiger partial charge in [0.1, 0.15) is 0 Å². The van der Waals surface area contributed by atoms with E-state index in [-0.39, 0.29) is 11.6 Å². The zero-order chi connectivity index (χ0) is 15.5. The molecule has 0 bridgehead atoms. The predicted octanol–water partition coefficient (Wildman–Crippen LogP) is 2.43. The molecule has 120 valence electrons. The highest BCUT2D eigenvalue weighted by molar-refractivity contribution is 9.10. The van der Waals surface area contributed by atoms with Crippen LogP contribution in [0.2, 0.25) is 0 Å². The zero-order valence-electron chi connectivity index (χ0n) is 13.2. The first kappa shape index (κ1) is 16.9. The van der Waals surface area contributed by atoms with Crippen LogP contribution in [0, 0.1) is 6.92 Å². The van der Waals surface area contributed by atoms with Crippen LogP contribution in [-0.4, -0.2) is 41.2 Å². The van der Waals surface area contributed by atoms with Crippen LogP contribution < -0.4 is 5.73 Å². The minimum absolute atomic E-state index is 0.0564. The Kier molecular flexibility index (Phi) is 5.82. The molecular weight excluding hydrogens is 334 g/mol. The van der Waals surface area contributed by atoms with Gasteiger partial charge in [0.25, 0.3) is 0 Å². The molecule has 0 aliphatic carbocycles. The molecule has 2 N–H and O–H groups in total. The van der Waals surface area contributed by atoms with Crippen LogP contribution >= 0.6 is 15.9 Å². The highest BCUT2D eigenvalue weighted by atomic mass is 79.9. The van der Waals surface area contributed by atoms with Gasteiger partial charge in [-0.3, -0.25) is 4.68 Å². The van der Waals surface area contributed by atoms with Crippen molar-refractivity contribution in [3.05, 3.63) is 15.9 Å². The van der Waals surface area contributed by atoms with Gasteiger partial charge in [-0.25, -0.2) is 0 Å². The fourth-order valence-corrected chi connectivity index (χ4v) is 3.53. The van der Waals surface area contributed by atoms with Crippen molar-refractivity contribution in [3.63, 3.8) is 0 Å². The fourth-order valence-electron chi connectivity index (χ4n) is 3.08. The molecular formula is C15H26BrN3O2. The molecule has 6 heteroatoms. The Morgan fingerprint density at radius 3 is 2.67 bits per heavy atom. The molecule has 1 aromatic rings. The molecule has 21 heavy (non-hydrogen) atoms. The first-order valence-corrected chi connectivity index (χ1v) is 8.52. The van der Waals surface area contributed by atoms with Gasteiger partial charge in [-0.1, -0.05) is 0 Å². The zero-order valence-corrected chi connectivity index (χ0v) is 14.8. The topological polar surface area (TPSA) is 62.3 Å². The first-order valence-electron chi connectivity index (χ1n) is 7.73. The Morgan fingerprint density at radius 2 is 2.10 bits per heavy atom. The molecule has 1 aromatic heterocycles. The van der Waals surface area contributed by atoms with E-state index in [1.165, 1.54) is 0 Å². The Bertz CT molecular complexity index is 464. The van der Waals surface area contributed by atoms with Crippen LogP contribution in [0.25, 0.3) is 0 Å². The maximum absolute atomic E-state index is 6.56. The largest absolute Gasteiger partial charge is 0.381 e. The summed E-state index contributed by atoms with van der Waals surface area (Å²) in [5.41, 5.74) is 8.46. The molecule has 0 saturated carbocycles. The number of hydrogen-bond acceptors (Lipinski definition) is 4. The van der Waals surface area contributed by atoms with Crippen molar-refractivity contribution in [1.82, 2.24) is 9.78 Å². The SMILES string of the molecule is CCOC1(C(N)Cc2c(Br)c(C)nn2CC)CCOCC1. The van der Waals surface area contributed by atoms with E-state index in [4.69, 9.17) is 15.2 Å². The first-order chi connectivity index (χ1) is 10.0. The van der Waals surface area contributed by atoms with Gasteiger partial charge in [0.05, 0.1) is 21.5 Å². The number of halogens is 1. The molecule has 0 amide bonds. The number of nitrogens with zero attached hydrogens (tertiary/aromatic N) is 2. The quantitative estimate of drug-likeness (QED) is 0.847. The molecule has 5 nitrogen and oxygen atoms in total. The normalized spacial score (nSPS) is 19.7. The number of rotatable bonds is 6. The number of hydrogen-bond donors (Lipinski definition) is 1. The molecule has 1 aliphatic rings. The predicted molar refractivity (Wildman–Crippen MR) is 86.4 cm³/mol. The van der Waals surface area contributed by atoms with Gasteiger partial charge >= 0.3 is 0 Å². The lowest BCUT2D eigenvalue weighted by Gasteiger charge is -2.41. The van der Waals surface area contributed by atoms with Crippen LogP contribution in [0.5, 0.6) is 0 Å². The molecule has 0 radical (unpaired) electrons. The lowest BCUT2D eigenvalue weighted by molar-refractivity contribution is -0.120. The van der Waals surface area contributed by atoms with Gasteiger partial charge in [0.2, 0.25) is 0 Å². The minimum Gasteiger partial charge on any atom is -0.381 e. The molecule has 1 saturated heterocycles. The van der Waals surface area contributed by atoms with Crippen LogP contribution in [0.15, 0.2) is 4.47 Å². The van der Waals surface area contributed by atoms with E-state index in [2.05, 4.69) is 28.0 Å². The smallest absolute Gasteiger partial charge is 0.0880 e. The summed E-state index contributed by atoms with van der Waals surface area (Å²) in [4.78, 5) is 0. The third-order valence-electron chi connectivity index (χ3n) is 4.31. The lowest BCUT2D eigenvalue weighted by atomic mass is 9.84. The standard InChI is InChI=1S/C15H26BrN3O2/c1-4-19-12(14(16)11(3)18-19)10-13(17)15(21-5-2)6-8-20-9-7-15/h13H,4-10,17H2,1-3H3. The van der Waals surface area contributed by atoms with Gasteiger partial charge in [-0.15, -0.1) is 0 Å². The second kappa shape index (κ2) is 7.22. The van der Waals surface area contributed by atoms with Crippen molar-refractivity contribution in [2.24, 2.45) is 5.73 Å². The van der Waals surface area contributed by atoms with E-state index in [1.807, 2.05) is 18.5 Å². The number of aryl methyl sites for hydroxylation is 2. The summed E-state index contributed by atoms with van der Waals surface area (Å²) in [5, 5.41) is 4.54. The third-order valence-corrected chi connectivity index (χ3v) is 5.34. The van der Waals surface area contributed by atoms with Crippen LogP contribution in [-0.2, 0) is 22.4 Å². The summed E-state index contributed by atoms with van der Waals surface area (Å²) in [6.45, 7) is 9.11. The van der Waals surface area contributed by atoms with Crippen molar-refractivity contribution in [3.8, 4) is 0 Å². The summed E-state index contributed by atoms with van der Waals surface area (Å²) in [7, 11) is 0. The van der Waals surface area contributed by atoms with E-state index in [1.54, 1.807) is 0 Å². The van der Waals surface area contributed by atoms with E-state index < -0.39 is 0 Å². The highest BCUT2D eigenvalue weighted by Gasteiger charge is 2.40. The Morgan fingerprint density at radius 1 is 1.43 bits per heavy atom. The van der Waals surface area contributed by atoms with Gasteiger partial charge in [-0.2, -0.15) is 5.10 Å². The number of nitrogens with two attached hydrogens (primary N) is 1. The van der Waals surface area contributed by atoms with Crippen molar-refractivity contribution in [1.29, 1.82) is 0 Å². The Balaban J connectivity index is 2.20. The number of ether oxygens (including phenoxy) is 2. The van der Waals surface area contributed by atoms with Gasteiger partial charge in [0, 0.05) is 51.7 Å². The molecule has 1 fully saturated rings. The summed E-state index contributed by atoms with van der Waals surface area (Å²) < 4.78 is 14.7. The average Bonchev–Trinajstić information content (AvgIpc) is 2.76. The van der Waals surface area contributed by atoms with Crippen molar-refractivity contribution >= 4 is 15.9 Å². The Hall–Kier alpha value is -0.430. The van der Waals surface area contributed by atoms with E-state index in [0.29, 0.717) is 6.61 Å². The van der Waals surface area contributed by atoms with Crippen molar-refractivity contribution in [2.75, 3.05) is 19.8 Å². The van der Waals surface area contributed by atoms with E-state index in [0.717, 1.165) is 54.9 Å². The summed E-state index contributed by atoms with van der Waals surface area (Å²) in [6.07, 6.45) is 2.48. The van der Waals surface area contributed by atoms with E-state index >= 15 is 0 Å². The summed E-state index contributed by atoms with van der Waals surface area (Å²) in [5.74, 6) is 0. The lowest BCUT2D eigenvalue weighted by Crippen LogP contribution is -2.54. The van der Waals surface area contributed by atoms with Crippen LogP contribution in [0.4, 0.5) is 0 Å².